The number of thiazole rings is 1. The SMILES string of the molecule is CCOc1ccccc1NC(=O)C1CCc2sc(NC(=O)c3ccc(Cl)cc3)nc21. The molecule has 1 atom stereocenters. The number of hydrogen-bond donors (Lipinski definition) is 2. The van der Waals surface area contributed by atoms with Crippen LogP contribution in [0, 0.1) is 0 Å². The number of nitrogens with zero attached hydrogens (tertiary/aromatic N) is 1. The van der Waals surface area contributed by atoms with Crippen molar-refractivity contribution in [3.63, 3.8) is 0 Å². The molecule has 0 bridgehead atoms. The first-order valence-corrected chi connectivity index (χ1v) is 10.8. The molecule has 1 aliphatic rings. The number of halogens is 1. The fraction of sp³-hybridized carbons (Fsp3) is 0.227. The molecule has 0 fully saturated rings. The Kier molecular flexibility index (Phi) is 6.01. The Morgan fingerprint density at radius 2 is 1.93 bits per heavy atom. The van der Waals surface area contributed by atoms with Crippen LogP contribution < -0.4 is 15.4 Å². The van der Waals surface area contributed by atoms with Crippen LogP contribution >= 0.6 is 22.9 Å². The number of fused-ring (bicyclic) bond motifs is 1. The van der Waals surface area contributed by atoms with Crippen LogP contribution in [0.3, 0.4) is 0 Å². The number of anilines is 2. The van der Waals surface area contributed by atoms with Gasteiger partial charge in [0.15, 0.2) is 5.13 Å². The molecule has 0 spiro atoms. The summed E-state index contributed by atoms with van der Waals surface area (Å²) >= 11 is 7.28. The summed E-state index contributed by atoms with van der Waals surface area (Å²) < 4.78 is 5.58. The van der Waals surface area contributed by atoms with E-state index in [9.17, 15) is 9.59 Å². The van der Waals surface area contributed by atoms with E-state index in [0.29, 0.717) is 40.2 Å². The number of nitrogens with one attached hydrogen (secondary N) is 2. The number of carbonyl (C=O) groups is 2. The Balaban J connectivity index is 1.47. The zero-order chi connectivity index (χ0) is 21.1. The number of rotatable bonds is 6. The van der Waals surface area contributed by atoms with Crippen LogP contribution in [0.5, 0.6) is 5.75 Å². The van der Waals surface area contributed by atoms with Gasteiger partial charge in [0, 0.05) is 15.5 Å². The van der Waals surface area contributed by atoms with E-state index in [2.05, 4.69) is 15.6 Å². The van der Waals surface area contributed by atoms with E-state index in [-0.39, 0.29) is 17.7 Å². The van der Waals surface area contributed by atoms with Gasteiger partial charge in [-0.25, -0.2) is 4.98 Å². The van der Waals surface area contributed by atoms with Gasteiger partial charge in [0.2, 0.25) is 5.91 Å². The van der Waals surface area contributed by atoms with Crippen molar-refractivity contribution in [3.05, 3.63) is 69.7 Å². The Labute approximate surface area is 183 Å². The Hall–Kier alpha value is -2.90. The molecule has 2 N–H and O–H groups in total. The molecule has 1 unspecified atom stereocenters. The van der Waals surface area contributed by atoms with Crippen LogP contribution in [0.15, 0.2) is 48.5 Å². The molecule has 3 aromatic rings. The average Bonchev–Trinajstić information content (AvgIpc) is 3.30. The van der Waals surface area contributed by atoms with Gasteiger partial charge in [-0.1, -0.05) is 23.7 Å². The number of benzene rings is 2. The lowest BCUT2D eigenvalue weighted by Gasteiger charge is -2.14. The van der Waals surface area contributed by atoms with Gasteiger partial charge >= 0.3 is 0 Å². The number of ether oxygens (including phenoxy) is 1. The molecule has 0 radical (unpaired) electrons. The number of hydrogen-bond acceptors (Lipinski definition) is 5. The summed E-state index contributed by atoms with van der Waals surface area (Å²) in [7, 11) is 0. The Bertz CT molecular complexity index is 1080. The Morgan fingerprint density at radius 3 is 2.70 bits per heavy atom. The van der Waals surface area contributed by atoms with Gasteiger partial charge in [0.05, 0.1) is 23.9 Å². The molecule has 1 aliphatic carbocycles. The van der Waals surface area contributed by atoms with Crippen LogP contribution in [0.4, 0.5) is 10.8 Å². The lowest BCUT2D eigenvalue weighted by atomic mass is 10.1. The van der Waals surface area contributed by atoms with Gasteiger partial charge < -0.3 is 10.1 Å². The van der Waals surface area contributed by atoms with Gasteiger partial charge in [-0.2, -0.15) is 0 Å². The predicted molar refractivity (Wildman–Crippen MR) is 119 cm³/mol. The maximum atomic E-state index is 12.9. The highest BCUT2D eigenvalue weighted by molar-refractivity contribution is 7.16. The lowest BCUT2D eigenvalue weighted by molar-refractivity contribution is -0.117. The molecule has 0 saturated heterocycles. The molecule has 154 valence electrons. The largest absolute Gasteiger partial charge is 0.492 e. The summed E-state index contributed by atoms with van der Waals surface area (Å²) in [6.07, 6.45) is 1.46. The Morgan fingerprint density at radius 1 is 1.17 bits per heavy atom. The summed E-state index contributed by atoms with van der Waals surface area (Å²) in [6.45, 7) is 2.42. The quantitative estimate of drug-likeness (QED) is 0.556. The molecule has 2 aromatic carbocycles. The van der Waals surface area contributed by atoms with Crippen LogP contribution in [0.2, 0.25) is 5.02 Å². The second-order valence-electron chi connectivity index (χ2n) is 6.80. The summed E-state index contributed by atoms with van der Waals surface area (Å²) in [6, 6.07) is 14.0. The van der Waals surface area contributed by atoms with Gasteiger partial charge in [-0.3, -0.25) is 14.9 Å². The molecular weight excluding hydrogens is 422 g/mol. The minimum atomic E-state index is -0.355. The van der Waals surface area contributed by atoms with E-state index < -0.39 is 0 Å². The summed E-state index contributed by atoms with van der Waals surface area (Å²) in [5, 5.41) is 6.84. The van der Waals surface area contributed by atoms with Crippen molar-refractivity contribution in [1.29, 1.82) is 0 Å². The highest BCUT2D eigenvalue weighted by Crippen LogP contribution is 2.39. The van der Waals surface area contributed by atoms with E-state index in [0.717, 1.165) is 17.0 Å². The summed E-state index contributed by atoms with van der Waals surface area (Å²) in [5.41, 5.74) is 1.87. The van der Waals surface area contributed by atoms with Crippen molar-refractivity contribution in [3.8, 4) is 5.75 Å². The van der Waals surface area contributed by atoms with Crippen LogP contribution in [0.25, 0.3) is 0 Å². The van der Waals surface area contributed by atoms with Crippen molar-refractivity contribution < 1.29 is 14.3 Å². The normalized spacial score (nSPS) is 14.8. The van der Waals surface area contributed by atoms with E-state index in [1.54, 1.807) is 24.3 Å². The van der Waals surface area contributed by atoms with Crippen molar-refractivity contribution in [1.82, 2.24) is 4.98 Å². The first kappa shape index (κ1) is 20.4. The summed E-state index contributed by atoms with van der Waals surface area (Å²) in [4.78, 5) is 30.9. The third kappa shape index (κ3) is 4.32. The monoisotopic (exact) mass is 441 g/mol. The predicted octanol–water partition coefficient (Wildman–Crippen LogP) is 5.12. The van der Waals surface area contributed by atoms with Gasteiger partial charge in [0.25, 0.3) is 5.91 Å². The fourth-order valence-electron chi connectivity index (χ4n) is 3.38. The van der Waals surface area contributed by atoms with Crippen molar-refractivity contribution >= 4 is 45.6 Å². The zero-order valence-corrected chi connectivity index (χ0v) is 17.8. The molecule has 0 aliphatic heterocycles. The number of para-hydroxylation sites is 2. The first-order chi connectivity index (χ1) is 14.5. The third-order valence-electron chi connectivity index (χ3n) is 4.81. The van der Waals surface area contributed by atoms with Crippen molar-refractivity contribution in [2.24, 2.45) is 0 Å². The second kappa shape index (κ2) is 8.85. The number of aromatic nitrogens is 1. The summed E-state index contributed by atoms with van der Waals surface area (Å²) in [5.74, 6) is -0.0969. The van der Waals surface area contributed by atoms with Gasteiger partial charge in [0.1, 0.15) is 5.75 Å². The molecule has 8 heteroatoms. The lowest BCUT2D eigenvalue weighted by Crippen LogP contribution is -2.20. The standard InChI is InChI=1S/C22H20ClN3O3S/c1-2-29-17-6-4-3-5-16(17)24-21(28)15-11-12-18-19(15)25-22(30-18)26-20(27)13-7-9-14(23)10-8-13/h3-10,15H,2,11-12H2,1H3,(H,24,28)(H,25,26,27). The number of aryl methyl sites for hydroxylation is 1. The third-order valence-corrected chi connectivity index (χ3v) is 6.10. The molecule has 1 heterocycles. The minimum Gasteiger partial charge on any atom is -0.492 e. The van der Waals surface area contributed by atoms with Gasteiger partial charge in [-0.05, 0) is 56.2 Å². The smallest absolute Gasteiger partial charge is 0.257 e. The molecule has 6 nitrogen and oxygen atoms in total. The van der Waals surface area contributed by atoms with E-state index in [1.165, 1.54) is 11.3 Å². The van der Waals surface area contributed by atoms with E-state index in [4.69, 9.17) is 16.3 Å². The highest BCUT2D eigenvalue weighted by atomic mass is 35.5. The van der Waals surface area contributed by atoms with Crippen LogP contribution in [-0.2, 0) is 11.2 Å². The molecule has 1 aromatic heterocycles. The van der Waals surface area contributed by atoms with Crippen LogP contribution in [-0.4, -0.2) is 23.4 Å². The molecule has 2 amide bonds. The maximum Gasteiger partial charge on any atom is 0.257 e. The molecule has 0 saturated carbocycles. The van der Waals surface area contributed by atoms with Crippen molar-refractivity contribution in [2.75, 3.05) is 17.2 Å². The topological polar surface area (TPSA) is 80.3 Å². The molecular formula is C22H20ClN3O3S. The first-order valence-electron chi connectivity index (χ1n) is 9.64. The molecule has 30 heavy (non-hydrogen) atoms. The highest BCUT2D eigenvalue weighted by Gasteiger charge is 2.33. The molecule has 4 rings (SSSR count). The maximum absolute atomic E-state index is 12.9. The van der Waals surface area contributed by atoms with Gasteiger partial charge in [-0.15, -0.1) is 11.3 Å². The minimum absolute atomic E-state index is 0.123. The zero-order valence-electron chi connectivity index (χ0n) is 16.3. The average molecular weight is 442 g/mol. The van der Waals surface area contributed by atoms with Crippen molar-refractivity contribution in [2.45, 2.75) is 25.7 Å². The second-order valence-corrected chi connectivity index (χ2v) is 8.32. The number of carbonyl (C=O) groups excluding carboxylic acids is 2. The van der Waals surface area contributed by atoms with E-state index >= 15 is 0 Å². The number of amides is 2. The van der Waals surface area contributed by atoms with E-state index in [1.807, 2.05) is 31.2 Å². The van der Waals surface area contributed by atoms with Crippen LogP contribution in [0.1, 0.15) is 40.2 Å². The fourth-order valence-corrected chi connectivity index (χ4v) is 4.54.